The lowest BCUT2D eigenvalue weighted by atomic mass is 10.0. The summed E-state index contributed by atoms with van der Waals surface area (Å²) in [5.74, 6) is 0.657. The zero-order valence-corrected chi connectivity index (χ0v) is 33.5. The van der Waals surface area contributed by atoms with Crippen molar-refractivity contribution >= 4 is 86.7 Å². The van der Waals surface area contributed by atoms with Gasteiger partial charge in [-0.2, -0.15) is 0 Å². The second-order valence-corrected chi connectivity index (χ2v) is 26.8. The standard InChI is InChI=1S/C47H41N5Si2/c1-53(2,3)32-23-19-30(20-24-32)40-28-41(31-21-25-33(26-22-31)54(4,5)6)50-47(49-40)52-42-17-11-9-14-35(42)38-27-37-34-13-7-8-15-36(34)46-48-39-16-10-12-18-43(39)51(46)44(37)29-45(38)52/h7-29H,1-6H3. The third kappa shape index (κ3) is 5.14. The Morgan fingerprint density at radius 1 is 0.407 bits per heavy atom. The van der Waals surface area contributed by atoms with E-state index in [0.717, 1.165) is 61.1 Å². The predicted molar refractivity (Wildman–Crippen MR) is 234 cm³/mol. The fourth-order valence-electron chi connectivity index (χ4n) is 8.10. The van der Waals surface area contributed by atoms with E-state index in [-0.39, 0.29) is 0 Å². The first kappa shape index (κ1) is 32.7. The molecule has 10 rings (SSSR count). The van der Waals surface area contributed by atoms with Gasteiger partial charge in [0.25, 0.3) is 0 Å². The van der Waals surface area contributed by atoms with E-state index in [9.17, 15) is 0 Å². The molecule has 4 heterocycles. The molecule has 0 bridgehead atoms. The van der Waals surface area contributed by atoms with Crippen molar-refractivity contribution in [3.05, 3.63) is 140 Å². The molecule has 0 aliphatic heterocycles. The summed E-state index contributed by atoms with van der Waals surface area (Å²) in [4.78, 5) is 16.0. The first-order valence-corrected chi connectivity index (χ1v) is 25.8. The first-order chi connectivity index (χ1) is 26.0. The molecule has 0 atom stereocenters. The number of rotatable bonds is 5. The van der Waals surface area contributed by atoms with Crippen LogP contribution < -0.4 is 10.4 Å². The van der Waals surface area contributed by atoms with Gasteiger partial charge in [-0.3, -0.25) is 8.97 Å². The van der Waals surface area contributed by atoms with Crippen molar-refractivity contribution in [1.29, 1.82) is 0 Å². The van der Waals surface area contributed by atoms with Gasteiger partial charge in [0.05, 0.1) is 55.1 Å². The molecule has 6 aromatic carbocycles. The van der Waals surface area contributed by atoms with Gasteiger partial charge in [0.1, 0.15) is 5.65 Å². The van der Waals surface area contributed by atoms with E-state index < -0.39 is 16.1 Å². The minimum absolute atomic E-state index is 0.657. The molecule has 0 spiro atoms. The normalized spacial score (nSPS) is 12.6. The fraction of sp³-hybridized carbons (Fsp3) is 0.128. The van der Waals surface area contributed by atoms with Crippen LogP contribution in [-0.4, -0.2) is 40.1 Å². The van der Waals surface area contributed by atoms with Crippen LogP contribution in [0.4, 0.5) is 0 Å². The Hall–Kier alpha value is -5.90. The minimum Gasteiger partial charge on any atom is -0.292 e. The van der Waals surface area contributed by atoms with E-state index in [2.05, 4.69) is 188 Å². The molecular formula is C47H41N5Si2. The molecule has 5 nitrogen and oxygen atoms in total. The van der Waals surface area contributed by atoms with Crippen molar-refractivity contribution in [2.45, 2.75) is 39.3 Å². The lowest BCUT2D eigenvalue weighted by molar-refractivity contribution is 0.996. The van der Waals surface area contributed by atoms with Crippen molar-refractivity contribution in [2.75, 3.05) is 0 Å². The maximum Gasteiger partial charge on any atom is 0.235 e. The quantitative estimate of drug-likeness (QED) is 0.131. The largest absolute Gasteiger partial charge is 0.292 e. The van der Waals surface area contributed by atoms with E-state index in [1.165, 1.54) is 31.9 Å². The van der Waals surface area contributed by atoms with E-state index in [0.29, 0.717) is 5.95 Å². The van der Waals surface area contributed by atoms with Gasteiger partial charge in [-0.15, -0.1) is 0 Å². The number of pyridine rings is 1. The lowest BCUT2D eigenvalue weighted by Gasteiger charge is -2.18. The fourth-order valence-corrected chi connectivity index (χ4v) is 10.4. The van der Waals surface area contributed by atoms with Crippen molar-refractivity contribution in [3.63, 3.8) is 0 Å². The van der Waals surface area contributed by atoms with E-state index in [4.69, 9.17) is 15.0 Å². The molecule has 262 valence electrons. The third-order valence-electron chi connectivity index (χ3n) is 11.1. The summed E-state index contributed by atoms with van der Waals surface area (Å²) in [6.45, 7) is 14.3. The molecule has 7 heteroatoms. The second kappa shape index (κ2) is 11.8. The van der Waals surface area contributed by atoms with Crippen LogP contribution in [0.25, 0.3) is 88.6 Å². The van der Waals surface area contributed by atoms with E-state index >= 15 is 0 Å². The molecule has 0 unspecified atom stereocenters. The highest BCUT2D eigenvalue weighted by atomic mass is 28.3. The number of fused-ring (bicyclic) bond motifs is 11. The Bertz CT molecular complexity index is 3030. The van der Waals surface area contributed by atoms with Crippen LogP contribution in [0.2, 0.25) is 39.3 Å². The van der Waals surface area contributed by atoms with Crippen LogP contribution in [0.5, 0.6) is 0 Å². The van der Waals surface area contributed by atoms with Gasteiger partial charge in [-0.1, -0.05) is 153 Å². The van der Waals surface area contributed by atoms with Gasteiger partial charge in [-0.25, -0.2) is 15.0 Å². The Labute approximate surface area is 316 Å². The molecule has 0 fully saturated rings. The molecule has 0 amide bonds. The van der Waals surface area contributed by atoms with Crippen LogP contribution in [0.3, 0.4) is 0 Å². The summed E-state index contributed by atoms with van der Waals surface area (Å²) in [5.41, 5.74) is 10.3. The maximum absolute atomic E-state index is 5.40. The number of imidazole rings is 1. The molecule has 0 saturated carbocycles. The van der Waals surface area contributed by atoms with Gasteiger partial charge in [0.2, 0.25) is 5.95 Å². The predicted octanol–water partition coefficient (Wildman–Crippen LogP) is 11.1. The monoisotopic (exact) mass is 731 g/mol. The van der Waals surface area contributed by atoms with Crippen molar-refractivity contribution in [3.8, 4) is 28.5 Å². The molecule has 0 radical (unpaired) electrons. The molecule has 10 aromatic rings. The summed E-state index contributed by atoms with van der Waals surface area (Å²) in [7, 11) is -2.94. The summed E-state index contributed by atoms with van der Waals surface area (Å²) < 4.78 is 4.60. The summed E-state index contributed by atoms with van der Waals surface area (Å²) in [6.07, 6.45) is 0. The number of aromatic nitrogens is 5. The summed E-state index contributed by atoms with van der Waals surface area (Å²) >= 11 is 0. The van der Waals surface area contributed by atoms with E-state index in [1.807, 2.05) is 0 Å². The molecule has 0 N–H and O–H groups in total. The zero-order chi connectivity index (χ0) is 36.9. The van der Waals surface area contributed by atoms with Crippen LogP contribution in [0, 0.1) is 0 Å². The minimum atomic E-state index is -1.47. The molecule has 0 saturated heterocycles. The molecule has 4 aromatic heterocycles. The third-order valence-corrected chi connectivity index (χ3v) is 15.2. The number of hydrogen-bond donors (Lipinski definition) is 0. The van der Waals surface area contributed by atoms with Gasteiger partial charge in [-0.05, 0) is 41.8 Å². The Kier molecular flexibility index (Phi) is 7.15. The van der Waals surface area contributed by atoms with Crippen LogP contribution in [-0.2, 0) is 0 Å². The van der Waals surface area contributed by atoms with E-state index in [1.54, 1.807) is 0 Å². The number of nitrogens with zero attached hydrogens (tertiary/aromatic N) is 5. The number of para-hydroxylation sites is 3. The van der Waals surface area contributed by atoms with Crippen molar-refractivity contribution in [1.82, 2.24) is 23.9 Å². The molecule has 0 aliphatic rings. The Balaban J connectivity index is 1.29. The summed E-state index contributed by atoms with van der Waals surface area (Å²) in [5, 5.41) is 8.73. The highest BCUT2D eigenvalue weighted by Crippen LogP contribution is 2.39. The topological polar surface area (TPSA) is 48.0 Å². The first-order valence-electron chi connectivity index (χ1n) is 18.8. The highest BCUT2D eigenvalue weighted by Gasteiger charge is 2.22. The molecular weight excluding hydrogens is 691 g/mol. The van der Waals surface area contributed by atoms with Crippen molar-refractivity contribution in [2.24, 2.45) is 0 Å². The van der Waals surface area contributed by atoms with Crippen LogP contribution in [0.15, 0.2) is 140 Å². The van der Waals surface area contributed by atoms with Gasteiger partial charge in [0, 0.05) is 32.7 Å². The van der Waals surface area contributed by atoms with Gasteiger partial charge < -0.3 is 0 Å². The van der Waals surface area contributed by atoms with Gasteiger partial charge in [0.15, 0.2) is 0 Å². The average Bonchev–Trinajstić information content (AvgIpc) is 3.73. The number of hydrogen-bond acceptors (Lipinski definition) is 3. The summed E-state index contributed by atoms with van der Waals surface area (Å²) in [6, 6.07) is 50.7. The molecule has 54 heavy (non-hydrogen) atoms. The highest BCUT2D eigenvalue weighted by molar-refractivity contribution is 6.89. The average molecular weight is 732 g/mol. The van der Waals surface area contributed by atoms with Crippen LogP contribution >= 0.6 is 0 Å². The Morgan fingerprint density at radius 2 is 0.926 bits per heavy atom. The SMILES string of the molecule is C[Si](C)(C)c1ccc(-c2cc(-c3ccc([Si](C)(C)C)cc3)nc(-n3c4ccccc4c4cc5c6ccccc6c6nc7ccccc7n6c5cc43)n2)cc1. The maximum atomic E-state index is 5.40. The second-order valence-electron chi connectivity index (χ2n) is 16.6. The Morgan fingerprint density at radius 3 is 1.54 bits per heavy atom. The smallest absolute Gasteiger partial charge is 0.235 e. The lowest BCUT2D eigenvalue weighted by Crippen LogP contribution is -2.37. The van der Waals surface area contributed by atoms with Gasteiger partial charge >= 0.3 is 0 Å². The van der Waals surface area contributed by atoms with Crippen molar-refractivity contribution < 1.29 is 0 Å². The molecule has 0 aliphatic carbocycles. The zero-order valence-electron chi connectivity index (χ0n) is 31.5. The number of benzene rings is 6. The van der Waals surface area contributed by atoms with Crippen LogP contribution in [0.1, 0.15) is 0 Å².